The second-order valence-corrected chi connectivity index (χ2v) is 6.48. The maximum Gasteiger partial charge on any atom is 0.229 e. The van der Waals surface area contributed by atoms with Gasteiger partial charge in [0.05, 0.1) is 18.8 Å². The number of hydrogen-bond acceptors (Lipinski definition) is 7. The SMILES string of the molecule is COc1ccc(CN2CCC[C@H]2c2ccnc(Nc3ncccn3)n2)cc1. The van der Waals surface area contributed by atoms with Gasteiger partial charge in [0.2, 0.25) is 11.9 Å². The molecule has 0 spiro atoms. The number of methoxy groups -OCH3 is 1. The topological polar surface area (TPSA) is 76.1 Å². The van der Waals surface area contributed by atoms with E-state index in [1.807, 2.05) is 18.2 Å². The quantitative estimate of drug-likeness (QED) is 0.720. The first kappa shape index (κ1) is 17.4. The second kappa shape index (κ2) is 8.09. The summed E-state index contributed by atoms with van der Waals surface area (Å²) < 4.78 is 5.24. The molecular weight excluding hydrogens is 340 g/mol. The summed E-state index contributed by atoms with van der Waals surface area (Å²) in [6, 6.07) is 12.3. The minimum absolute atomic E-state index is 0.285. The number of likely N-dealkylation sites (tertiary alicyclic amines) is 1. The van der Waals surface area contributed by atoms with E-state index in [2.05, 4.69) is 37.3 Å². The Morgan fingerprint density at radius 1 is 1.04 bits per heavy atom. The molecule has 0 radical (unpaired) electrons. The fourth-order valence-electron chi connectivity index (χ4n) is 3.40. The smallest absolute Gasteiger partial charge is 0.229 e. The number of aromatic nitrogens is 4. The van der Waals surface area contributed by atoms with Gasteiger partial charge in [0.25, 0.3) is 0 Å². The van der Waals surface area contributed by atoms with Crippen molar-refractivity contribution in [3.8, 4) is 5.75 Å². The zero-order valence-electron chi connectivity index (χ0n) is 15.2. The van der Waals surface area contributed by atoms with Gasteiger partial charge in [-0.25, -0.2) is 19.9 Å². The Kier molecular flexibility index (Phi) is 5.20. The van der Waals surface area contributed by atoms with Crippen molar-refractivity contribution >= 4 is 11.9 Å². The molecule has 0 bridgehead atoms. The van der Waals surface area contributed by atoms with Crippen molar-refractivity contribution in [1.29, 1.82) is 0 Å². The van der Waals surface area contributed by atoms with Gasteiger partial charge in [-0.05, 0) is 49.2 Å². The van der Waals surface area contributed by atoms with Crippen molar-refractivity contribution in [3.63, 3.8) is 0 Å². The maximum absolute atomic E-state index is 5.24. The highest BCUT2D eigenvalue weighted by Gasteiger charge is 2.27. The fourth-order valence-corrected chi connectivity index (χ4v) is 3.40. The summed E-state index contributed by atoms with van der Waals surface area (Å²) in [7, 11) is 1.69. The van der Waals surface area contributed by atoms with Crippen LogP contribution in [0.2, 0.25) is 0 Å². The first-order chi connectivity index (χ1) is 13.3. The molecule has 1 saturated heterocycles. The molecular formula is C20H22N6O. The Bertz CT molecular complexity index is 871. The third-order valence-electron chi connectivity index (χ3n) is 4.72. The molecule has 7 nitrogen and oxygen atoms in total. The number of nitrogens with zero attached hydrogens (tertiary/aromatic N) is 5. The van der Waals surface area contributed by atoms with Crippen LogP contribution < -0.4 is 10.1 Å². The summed E-state index contributed by atoms with van der Waals surface area (Å²) in [6.07, 6.45) is 7.42. The predicted octanol–water partition coefficient (Wildman–Crippen LogP) is 3.36. The highest BCUT2D eigenvalue weighted by atomic mass is 16.5. The average molecular weight is 362 g/mol. The van der Waals surface area contributed by atoms with Gasteiger partial charge in [0.15, 0.2) is 0 Å². The first-order valence-corrected chi connectivity index (χ1v) is 9.06. The largest absolute Gasteiger partial charge is 0.497 e. The number of rotatable bonds is 6. The molecule has 0 amide bonds. The lowest BCUT2D eigenvalue weighted by Gasteiger charge is -2.24. The summed E-state index contributed by atoms with van der Waals surface area (Å²) in [5.41, 5.74) is 2.29. The molecule has 3 heterocycles. The van der Waals surface area contributed by atoms with Crippen LogP contribution in [0.25, 0.3) is 0 Å². The third kappa shape index (κ3) is 4.20. The average Bonchev–Trinajstić information content (AvgIpc) is 3.18. The van der Waals surface area contributed by atoms with E-state index >= 15 is 0 Å². The van der Waals surface area contributed by atoms with Gasteiger partial charge in [-0.15, -0.1) is 0 Å². The van der Waals surface area contributed by atoms with E-state index in [0.29, 0.717) is 11.9 Å². The third-order valence-corrected chi connectivity index (χ3v) is 4.72. The van der Waals surface area contributed by atoms with E-state index in [-0.39, 0.29) is 6.04 Å². The van der Waals surface area contributed by atoms with Crippen molar-refractivity contribution in [2.75, 3.05) is 19.0 Å². The summed E-state index contributed by atoms with van der Waals surface area (Å²) in [5, 5.41) is 3.07. The van der Waals surface area contributed by atoms with Crippen molar-refractivity contribution < 1.29 is 4.74 Å². The van der Waals surface area contributed by atoms with Gasteiger partial charge in [-0.1, -0.05) is 12.1 Å². The Labute approximate surface area is 158 Å². The number of nitrogens with one attached hydrogen (secondary N) is 1. The molecule has 3 aromatic rings. The molecule has 2 aromatic heterocycles. The van der Waals surface area contributed by atoms with Crippen molar-refractivity contribution in [2.45, 2.75) is 25.4 Å². The van der Waals surface area contributed by atoms with Crippen LogP contribution in [0, 0.1) is 0 Å². The van der Waals surface area contributed by atoms with Gasteiger partial charge in [-0.2, -0.15) is 0 Å². The Hall–Kier alpha value is -3.06. The lowest BCUT2D eigenvalue weighted by Crippen LogP contribution is -2.23. The number of benzene rings is 1. The Morgan fingerprint density at radius 3 is 2.59 bits per heavy atom. The van der Waals surface area contributed by atoms with Gasteiger partial charge in [0.1, 0.15) is 5.75 Å². The van der Waals surface area contributed by atoms with E-state index < -0.39 is 0 Å². The maximum atomic E-state index is 5.24. The van der Waals surface area contributed by atoms with Crippen LogP contribution in [-0.4, -0.2) is 38.5 Å². The zero-order chi connectivity index (χ0) is 18.5. The van der Waals surface area contributed by atoms with E-state index in [1.54, 1.807) is 31.8 Å². The highest BCUT2D eigenvalue weighted by Crippen LogP contribution is 2.32. The molecule has 7 heteroatoms. The monoisotopic (exact) mass is 362 g/mol. The van der Waals surface area contributed by atoms with Crippen molar-refractivity contribution in [2.24, 2.45) is 0 Å². The minimum atomic E-state index is 0.285. The van der Waals surface area contributed by atoms with Gasteiger partial charge in [0, 0.05) is 25.1 Å². The molecule has 27 heavy (non-hydrogen) atoms. The van der Waals surface area contributed by atoms with Crippen LogP contribution in [-0.2, 0) is 6.54 Å². The standard InChI is InChI=1S/C20H22N6O/c1-27-16-7-5-15(6-8-16)14-26-13-2-4-18(26)17-9-12-23-20(24-17)25-19-21-10-3-11-22-19/h3,5-12,18H,2,4,13-14H2,1H3,(H,21,22,23,24,25)/t18-/m0/s1. The number of ether oxygens (including phenoxy) is 1. The molecule has 1 aromatic carbocycles. The molecule has 138 valence electrons. The van der Waals surface area contributed by atoms with E-state index in [1.165, 1.54) is 5.56 Å². The van der Waals surface area contributed by atoms with Crippen LogP contribution in [0.4, 0.5) is 11.9 Å². The number of anilines is 2. The van der Waals surface area contributed by atoms with Gasteiger partial charge < -0.3 is 4.74 Å². The molecule has 1 atom stereocenters. The molecule has 1 N–H and O–H groups in total. The zero-order valence-corrected chi connectivity index (χ0v) is 15.2. The van der Waals surface area contributed by atoms with Gasteiger partial charge in [-0.3, -0.25) is 10.2 Å². The molecule has 1 aliphatic heterocycles. The molecule has 0 aliphatic carbocycles. The van der Waals surface area contributed by atoms with E-state index in [4.69, 9.17) is 9.72 Å². The van der Waals surface area contributed by atoms with Crippen molar-refractivity contribution in [1.82, 2.24) is 24.8 Å². The second-order valence-electron chi connectivity index (χ2n) is 6.48. The molecule has 4 rings (SSSR count). The summed E-state index contributed by atoms with van der Waals surface area (Å²) in [5.74, 6) is 1.90. The minimum Gasteiger partial charge on any atom is -0.497 e. The van der Waals surface area contributed by atoms with Crippen LogP contribution in [0.15, 0.2) is 55.0 Å². The fraction of sp³-hybridized carbons (Fsp3) is 0.300. The highest BCUT2D eigenvalue weighted by molar-refractivity contribution is 5.41. The molecule has 0 unspecified atom stereocenters. The molecule has 1 aliphatic rings. The molecule has 1 fully saturated rings. The lowest BCUT2D eigenvalue weighted by atomic mass is 10.1. The van der Waals surface area contributed by atoms with Crippen molar-refractivity contribution in [3.05, 3.63) is 66.2 Å². The van der Waals surface area contributed by atoms with Crippen LogP contribution in [0.5, 0.6) is 5.75 Å². The summed E-state index contributed by atoms with van der Waals surface area (Å²) in [6.45, 7) is 1.95. The molecule has 0 saturated carbocycles. The van der Waals surface area contributed by atoms with Crippen LogP contribution in [0.1, 0.15) is 30.1 Å². The normalized spacial score (nSPS) is 17.0. The summed E-state index contributed by atoms with van der Waals surface area (Å²) in [4.78, 5) is 19.8. The lowest BCUT2D eigenvalue weighted by molar-refractivity contribution is 0.244. The summed E-state index contributed by atoms with van der Waals surface area (Å²) >= 11 is 0. The van der Waals surface area contributed by atoms with Crippen LogP contribution >= 0.6 is 0 Å². The number of hydrogen-bond donors (Lipinski definition) is 1. The van der Waals surface area contributed by atoms with E-state index in [9.17, 15) is 0 Å². The van der Waals surface area contributed by atoms with E-state index in [0.717, 1.165) is 37.4 Å². The Balaban J connectivity index is 1.48. The first-order valence-electron chi connectivity index (χ1n) is 9.06. The predicted molar refractivity (Wildman–Crippen MR) is 103 cm³/mol. The Morgan fingerprint density at radius 2 is 1.81 bits per heavy atom. The van der Waals surface area contributed by atoms with Crippen LogP contribution in [0.3, 0.4) is 0 Å². The van der Waals surface area contributed by atoms with Gasteiger partial charge >= 0.3 is 0 Å².